The van der Waals surface area contributed by atoms with Crippen molar-refractivity contribution >= 4 is 16.0 Å². The summed E-state index contributed by atoms with van der Waals surface area (Å²) in [6.45, 7) is 3.90. The van der Waals surface area contributed by atoms with E-state index in [-0.39, 0.29) is 4.90 Å². The molecule has 0 saturated carbocycles. The zero-order valence-electron chi connectivity index (χ0n) is 16.0. The van der Waals surface area contributed by atoms with Gasteiger partial charge in [0, 0.05) is 12.6 Å². The second kappa shape index (κ2) is 8.86. The minimum absolute atomic E-state index is 0.00569. The Morgan fingerprint density at radius 2 is 1.71 bits per heavy atom. The summed E-state index contributed by atoms with van der Waals surface area (Å²) >= 11 is 0. The number of carbonyl (C=O) groups is 1. The molecule has 1 unspecified atom stereocenters. The van der Waals surface area contributed by atoms with Gasteiger partial charge < -0.3 is 10.6 Å². The molecule has 1 aliphatic heterocycles. The van der Waals surface area contributed by atoms with Gasteiger partial charge in [0.15, 0.2) is 0 Å². The first-order chi connectivity index (χ1) is 13.3. The van der Waals surface area contributed by atoms with Crippen LogP contribution in [0.25, 0.3) is 11.1 Å². The summed E-state index contributed by atoms with van der Waals surface area (Å²) in [4.78, 5) is 13.2. The quantitative estimate of drug-likeness (QED) is 0.686. The number of nitrogens with zero attached hydrogens (tertiary/aromatic N) is 1. The molecule has 150 valence electrons. The van der Waals surface area contributed by atoms with Crippen LogP contribution in [-0.4, -0.2) is 45.0 Å². The highest BCUT2D eigenvalue weighted by molar-refractivity contribution is 7.86. The lowest BCUT2D eigenvalue weighted by Gasteiger charge is -2.20. The minimum Gasteiger partial charge on any atom is -0.368 e. The SMILES string of the molecule is CC1CCCN1CCc1ccc(-c2ccc(S(=O)(=O)OCC(N)=O)cc2)cc1. The third-order valence-electron chi connectivity index (χ3n) is 5.16. The van der Waals surface area contributed by atoms with E-state index in [4.69, 9.17) is 5.73 Å². The topological polar surface area (TPSA) is 89.7 Å². The van der Waals surface area contributed by atoms with Gasteiger partial charge in [0.2, 0.25) is 5.91 Å². The van der Waals surface area contributed by atoms with Crippen LogP contribution >= 0.6 is 0 Å². The van der Waals surface area contributed by atoms with E-state index in [2.05, 4.69) is 40.3 Å². The normalized spacial score (nSPS) is 17.7. The van der Waals surface area contributed by atoms with Crippen molar-refractivity contribution in [1.29, 1.82) is 0 Å². The first kappa shape index (κ1) is 20.5. The van der Waals surface area contributed by atoms with E-state index in [0.29, 0.717) is 6.04 Å². The summed E-state index contributed by atoms with van der Waals surface area (Å²) in [5.74, 6) is -0.834. The molecule has 1 atom stereocenters. The molecule has 0 bridgehead atoms. The van der Waals surface area contributed by atoms with Gasteiger partial charge in [0.1, 0.15) is 6.61 Å². The van der Waals surface area contributed by atoms with E-state index in [1.165, 1.54) is 37.1 Å². The Hall–Kier alpha value is -2.22. The fourth-order valence-corrected chi connectivity index (χ4v) is 4.36. The molecule has 2 N–H and O–H groups in total. The molecule has 1 saturated heterocycles. The fraction of sp³-hybridized carbons (Fsp3) is 0.381. The van der Waals surface area contributed by atoms with Crippen molar-refractivity contribution < 1.29 is 17.4 Å². The fourth-order valence-electron chi connectivity index (χ4n) is 3.48. The van der Waals surface area contributed by atoms with Gasteiger partial charge >= 0.3 is 0 Å². The van der Waals surface area contributed by atoms with Gasteiger partial charge in [0.05, 0.1) is 4.90 Å². The number of benzene rings is 2. The third-order valence-corrected chi connectivity index (χ3v) is 6.44. The molecule has 0 spiro atoms. The van der Waals surface area contributed by atoms with Gasteiger partial charge in [-0.1, -0.05) is 36.4 Å². The number of carbonyl (C=O) groups excluding carboxylic acids is 1. The molecular weight excluding hydrogens is 376 g/mol. The van der Waals surface area contributed by atoms with E-state index in [0.717, 1.165) is 24.1 Å². The Labute approximate surface area is 166 Å². The second-order valence-corrected chi connectivity index (χ2v) is 8.80. The highest BCUT2D eigenvalue weighted by Gasteiger charge is 2.19. The van der Waals surface area contributed by atoms with E-state index in [1.807, 2.05) is 0 Å². The highest BCUT2D eigenvalue weighted by atomic mass is 32.2. The van der Waals surface area contributed by atoms with E-state index in [9.17, 15) is 13.2 Å². The maximum absolute atomic E-state index is 12.0. The van der Waals surface area contributed by atoms with E-state index < -0.39 is 22.6 Å². The summed E-state index contributed by atoms with van der Waals surface area (Å²) in [6.07, 6.45) is 3.61. The van der Waals surface area contributed by atoms with Gasteiger partial charge in [-0.25, -0.2) is 0 Å². The van der Waals surface area contributed by atoms with Gasteiger partial charge in [-0.2, -0.15) is 8.42 Å². The molecule has 1 aliphatic rings. The molecule has 1 fully saturated rings. The summed E-state index contributed by atoms with van der Waals surface area (Å²) in [6, 6.07) is 15.4. The van der Waals surface area contributed by atoms with Crippen molar-refractivity contribution in [3.63, 3.8) is 0 Å². The average molecular weight is 403 g/mol. The van der Waals surface area contributed by atoms with E-state index >= 15 is 0 Å². The van der Waals surface area contributed by atoms with Crippen molar-refractivity contribution in [1.82, 2.24) is 4.90 Å². The Kier molecular flexibility index (Phi) is 6.49. The lowest BCUT2D eigenvalue weighted by molar-refractivity contribution is -0.119. The second-order valence-electron chi connectivity index (χ2n) is 7.18. The van der Waals surface area contributed by atoms with Crippen LogP contribution in [0.4, 0.5) is 0 Å². The predicted molar refractivity (Wildman–Crippen MR) is 108 cm³/mol. The maximum Gasteiger partial charge on any atom is 0.297 e. The highest BCUT2D eigenvalue weighted by Crippen LogP contribution is 2.23. The third kappa shape index (κ3) is 5.19. The zero-order valence-corrected chi connectivity index (χ0v) is 16.8. The lowest BCUT2D eigenvalue weighted by Crippen LogP contribution is -2.28. The smallest absolute Gasteiger partial charge is 0.297 e. The van der Waals surface area contributed by atoms with Gasteiger partial charge in [-0.05, 0) is 61.6 Å². The summed E-state index contributed by atoms with van der Waals surface area (Å²) in [7, 11) is -3.99. The van der Waals surface area contributed by atoms with Crippen molar-refractivity contribution in [2.75, 3.05) is 19.7 Å². The summed E-state index contributed by atoms with van der Waals surface area (Å²) in [5.41, 5.74) is 8.14. The largest absolute Gasteiger partial charge is 0.368 e. The van der Waals surface area contributed by atoms with Crippen LogP contribution in [0.15, 0.2) is 53.4 Å². The van der Waals surface area contributed by atoms with Crippen LogP contribution in [0.1, 0.15) is 25.3 Å². The van der Waals surface area contributed by atoms with Crippen LogP contribution in [0, 0.1) is 0 Å². The molecule has 0 aliphatic carbocycles. The molecular formula is C21H26N2O4S. The number of amides is 1. The zero-order chi connectivity index (χ0) is 20.1. The number of primary amides is 1. The number of nitrogens with two attached hydrogens (primary N) is 1. The molecule has 7 heteroatoms. The predicted octanol–water partition coefficient (Wildman–Crippen LogP) is 2.57. The first-order valence-corrected chi connectivity index (χ1v) is 10.9. The summed E-state index contributed by atoms with van der Waals surface area (Å²) in [5, 5.41) is 0. The van der Waals surface area contributed by atoms with Crippen LogP contribution in [0.2, 0.25) is 0 Å². The average Bonchev–Trinajstić information content (AvgIpc) is 3.10. The molecule has 1 heterocycles. The lowest BCUT2D eigenvalue weighted by atomic mass is 10.0. The monoisotopic (exact) mass is 402 g/mol. The van der Waals surface area contributed by atoms with Crippen LogP contribution in [0.5, 0.6) is 0 Å². The molecule has 0 aromatic heterocycles. The molecule has 0 radical (unpaired) electrons. The van der Waals surface area contributed by atoms with Crippen LogP contribution in [-0.2, 0) is 25.5 Å². The van der Waals surface area contributed by atoms with Crippen LogP contribution in [0.3, 0.4) is 0 Å². The Morgan fingerprint density at radius 3 is 2.25 bits per heavy atom. The molecule has 6 nitrogen and oxygen atoms in total. The maximum atomic E-state index is 12.0. The molecule has 2 aromatic carbocycles. The van der Waals surface area contributed by atoms with Gasteiger partial charge in [-0.15, -0.1) is 0 Å². The number of hydrogen-bond donors (Lipinski definition) is 1. The Balaban J connectivity index is 1.63. The first-order valence-electron chi connectivity index (χ1n) is 9.46. The van der Waals surface area contributed by atoms with Crippen molar-refractivity contribution in [3.05, 3.63) is 54.1 Å². The number of hydrogen-bond acceptors (Lipinski definition) is 5. The Morgan fingerprint density at radius 1 is 1.11 bits per heavy atom. The van der Waals surface area contributed by atoms with E-state index in [1.54, 1.807) is 12.1 Å². The minimum atomic E-state index is -3.99. The molecule has 2 aromatic rings. The van der Waals surface area contributed by atoms with Crippen molar-refractivity contribution in [3.8, 4) is 11.1 Å². The van der Waals surface area contributed by atoms with Gasteiger partial charge in [0.25, 0.3) is 10.1 Å². The molecule has 3 rings (SSSR count). The van der Waals surface area contributed by atoms with Crippen LogP contribution < -0.4 is 5.73 Å². The molecule has 28 heavy (non-hydrogen) atoms. The number of rotatable bonds is 8. The summed E-state index contributed by atoms with van der Waals surface area (Å²) < 4.78 is 28.6. The number of likely N-dealkylation sites (tertiary alicyclic amines) is 1. The van der Waals surface area contributed by atoms with Crippen molar-refractivity contribution in [2.24, 2.45) is 5.73 Å². The Bertz CT molecular complexity index is 908. The standard InChI is InChI=1S/C21H26N2O4S/c1-16-3-2-13-23(16)14-12-17-4-6-18(7-5-17)19-8-10-20(11-9-19)28(25,26)27-15-21(22)24/h4-11,16H,2-3,12-15H2,1H3,(H2,22,24). The molecule has 1 amide bonds. The van der Waals surface area contributed by atoms with Gasteiger partial charge in [-0.3, -0.25) is 8.98 Å². The van der Waals surface area contributed by atoms with Crippen molar-refractivity contribution in [2.45, 2.75) is 37.1 Å².